The summed E-state index contributed by atoms with van der Waals surface area (Å²) >= 11 is 11.7. The molecule has 6 nitrogen and oxygen atoms in total. The van der Waals surface area contributed by atoms with E-state index in [9.17, 15) is 23.1 Å². The van der Waals surface area contributed by atoms with Crippen LogP contribution in [0.5, 0.6) is 11.5 Å². The minimum absolute atomic E-state index is 0.0173. The fraction of sp³-hybridized carbons (Fsp3) is 0.154. The summed E-state index contributed by atoms with van der Waals surface area (Å²) in [7, 11) is 3.13. The predicted molar refractivity (Wildman–Crippen MR) is 135 cm³/mol. The van der Waals surface area contributed by atoms with Crippen LogP contribution in [-0.2, 0) is 12.8 Å². The number of aromatic hydroxyl groups is 1. The SMILES string of the molecule is CN(C)C(=O)c1cc(-c2ccc(OCc3ccc(Cl)cc3)c(-c3ccc(Cl)c(C(F)(F)F)c3)c2O)[nH]n1. The maximum absolute atomic E-state index is 13.6. The Morgan fingerprint density at radius 2 is 1.76 bits per heavy atom. The molecule has 0 saturated carbocycles. The van der Waals surface area contributed by atoms with E-state index in [4.69, 9.17) is 27.9 Å². The van der Waals surface area contributed by atoms with E-state index >= 15 is 0 Å². The fourth-order valence-electron chi connectivity index (χ4n) is 3.63. The molecule has 37 heavy (non-hydrogen) atoms. The molecule has 2 N–H and O–H groups in total. The molecule has 0 spiro atoms. The summed E-state index contributed by atoms with van der Waals surface area (Å²) < 4.78 is 46.7. The van der Waals surface area contributed by atoms with Crippen LogP contribution in [0.3, 0.4) is 0 Å². The Labute approximate surface area is 220 Å². The van der Waals surface area contributed by atoms with E-state index in [-0.39, 0.29) is 46.4 Å². The van der Waals surface area contributed by atoms with Gasteiger partial charge in [0.15, 0.2) is 5.69 Å². The lowest BCUT2D eigenvalue weighted by Gasteiger charge is -2.17. The van der Waals surface area contributed by atoms with Crippen molar-refractivity contribution >= 4 is 29.1 Å². The van der Waals surface area contributed by atoms with Crippen LogP contribution < -0.4 is 4.74 Å². The van der Waals surface area contributed by atoms with Crippen molar-refractivity contribution < 1.29 is 27.8 Å². The van der Waals surface area contributed by atoms with Gasteiger partial charge in [-0.25, -0.2) is 0 Å². The maximum Gasteiger partial charge on any atom is 0.417 e. The maximum atomic E-state index is 13.6. The van der Waals surface area contributed by atoms with Crippen molar-refractivity contribution in [2.45, 2.75) is 12.8 Å². The molecule has 3 aromatic carbocycles. The number of aromatic nitrogens is 2. The second kappa shape index (κ2) is 10.4. The minimum atomic E-state index is -4.71. The molecular formula is C26H20Cl2F3N3O3. The zero-order valence-electron chi connectivity index (χ0n) is 19.5. The van der Waals surface area contributed by atoms with E-state index in [1.807, 2.05) is 0 Å². The van der Waals surface area contributed by atoms with E-state index in [0.29, 0.717) is 10.7 Å². The number of amides is 1. The monoisotopic (exact) mass is 549 g/mol. The van der Waals surface area contributed by atoms with Crippen LogP contribution in [0.15, 0.2) is 60.7 Å². The Kier molecular flexibility index (Phi) is 7.38. The molecule has 0 aliphatic carbocycles. The third-order valence-corrected chi connectivity index (χ3v) is 6.08. The number of carbonyl (C=O) groups excluding carboxylic acids is 1. The Hall–Kier alpha value is -3.69. The van der Waals surface area contributed by atoms with Crippen LogP contribution >= 0.6 is 23.2 Å². The van der Waals surface area contributed by atoms with Crippen molar-refractivity contribution in [2.75, 3.05) is 14.1 Å². The molecule has 1 aromatic heterocycles. The van der Waals surface area contributed by atoms with E-state index in [2.05, 4.69) is 10.2 Å². The van der Waals surface area contributed by atoms with Gasteiger partial charge < -0.3 is 14.7 Å². The normalized spacial score (nSPS) is 11.4. The van der Waals surface area contributed by atoms with Crippen LogP contribution in [0, 0.1) is 0 Å². The summed E-state index contributed by atoms with van der Waals surface area (Å²) in [4.78, 5) is 13.6. The number of alkyl halides is 3. The molecule has 0 saturated heterocycles. The molecule has 192 valence electrons. The van der Waals surface area contributed by atoms with Crippen LogP contribution in [-0.4, -0.2) is 40.2 Å². The molecule has 0 bridgehead atoms. The first-order valence-electron chi connectivity index (χ1n) is 10.8. The number of benzene rings is 3. The number of phenolic OH excluding ortho intramolecular Hbond substituents is 1. The number of hydrogen-bond donors (Lipinski definition) is 2. The Morgan fingerprint density at radius 1 is 1.05 bits per heavy atom. The molecule has 11 heteroatoms. The van der Waals surface area contributed by atoms with Gasteiger partial charge in [0.1, 0.15) is 18.1 Å². The summed E-state index contributed by atoms with van der Waals surface area (Å²) in [5.74, 6) is -0.593. The largest absolute Gasteiger partial charge is 0.506 e. The molecule has 0 fully saturated rings. The number of aromatic amines is 1. The quantitative estimate of drug-likeness (QED) is 0.270. The third kappa shape index (κ3) is 5.68. The van der Waals surface area contributed by atoms with E-state index < -0.39 is 16.8 Å². The molecule has 0 unspecified atom stereocenters. The first-order chi connectivity index (χ1) is 17.5. The van der Waals surface area contributed by atoms with Crippen molar-refractivity contribution in [1.29, 1.82) is 0 Å². The number of rotatable bonds is 6. The number of H-pyrrole nitrogens is 1. The molecule has 1 heterocycles. The minimum Gasteiger partial charge on any atom is -0.506 e. The van der Waals surface area contributed by atoms with E-state index in [0.717, 1.165) is 17.7 Å². The van der Waals surface area contributed by atoms with Gasteiger partial charge in [-0.2, -0.15) is 18.3 Å². The van der Waals surface area contributed by atoms with Gasteiger partial charge in [-0.3, -0.25) is 9.89 Å². The molecule has 4 rings (SSSR count). The van der Waals surface area contributed by atoms with E-state index in [1.54, 1.807) is 38.4 Å². The second-order valence-electron chi connectivity index (χ2n) is 8.31. The summed E-state index contributed by atoms with van der Waals surface area (Å²) in [6.45, 7) is 0.0637. The number of phenols is 1. The highest BCUT2D eigenvalue weighted by atomic mass is 35.5. The highest BCUT2D eigenvalue weighted by Gasteiger charge is 2.34. The number of halogens is 5. The molecule has 0 aliphatic heterocycles. The first kappa shape index (κ1) is 26.4. The standard InChI is InChI=1S/C26H20Cl2F3N3O3/c1-34(2)25(36)21-12-20(32-33-21)17-8-10-22(37-13-14-3-6-16(27)7-4-14)23(24(17)35)15-5-9-19(28)18(11-15)26(29,30)31/h3-12,35H,13H2,1-2H3,(H,32,33). The topological polar surface area (TPSA) is 78.5 Å². The number of ether oxygens (including phenoxy) is 1. The Bertz CT molecular complexity index is 1450. The molecular weight excluding hydrogens is 530 g/mol. The summed E-state index contributed by atoms with van der Waals surface area (Å²) in [6, 6.07) is 14.7. The number of nitrogens with one attached hydrogen (secondary N) is 1. The fourth-order valence-corrected chi connectivity index (χ4v) is 3.98. The zero-order valence-corrected chi connectivity index (χ0v) is 21.0. The average molecular weight is 550 g/mol. The molecule has 0 aliphatic rings. The van der Waals surface area contributed by atoms with Gasteiger partial charge in [0, 0.05) is 24.7 Å². The van der Waals surface area contributed by atoms with Gasteiger partial charge in [-0.15, -0.1) is 0 Å². The van der Waals surface area contributed by atoms with Gasteiger partial charge in [-0.05, 0) is 53.6 Å². The van der Waals surface area contributed by atoms with Gasteiger partial charge >= 0.3 is 6.18 Å². The van der Waals surface area contributed by atoms with Crippen molar-refractivity contribution in [3.8, 4) is 33.9 Å². The Balaban J connectivity index is 1.83. The first-order valence-corrected chi connectivity index (χ1v) is 11.6. The van der Waals surface area contributed by atoms with Crippen molar-refractivity contribution in [2.24, 2.45) is 0 Å². The molecule has 0 atom stereocenters. The summed E-state index contributed by atoms with van der Waals surface area (Å²) in [5.41, 5.74) is 0.359. The van der Waals surface area contributed by atoms with Gasteiger partial charge in [-0.1, -0.05) is 41.4 Å². The lowest BCUT2D eigenvalue weighted by Crippen LogP contribution is -2.21. The second-order valence-corrected chi connectivity index (χ2v) is 9.15. The highest BCUT2D eigenvalue weighted by molar-refractivity contribution is 6.31. The Morgan fingerprint density at radius 3 is 2.41 bits per heavy atom. The van der Waals surface area contributed by atoms with Crippen LogP contribution in [0.2, 0.25) is 10.0 Å². The number of carbonyl (C=O) groups is 1. The smallest absolute Gasteiger partial charge is 0.417 e. The zero-order chi connectivity index (χ0) is 26.9. The van der Waals surface area contributed by atoms with Crippen molar-refractivity contribution in [1.82, 2.24) is 15.1 Å². The molecule has 0 radical (unpaired) electrons. The van der Waals surface area contributed by atoms with Crippen LogP contribution in [0.25, 0.3) is 22.4 Å². The van der Waals surface area contributed by atoms with Crippen LogP contribution in [0.1, 0.15) is 21.6 Å². The van der Waals surface area contributed by atoms with E-state index in [1.165, 1.54) is 29.2 Å². The van der Waals surface area contributed by atoms with Gasteiger partial charge in [0.2, 0.25) is 0 Å². The van der Waals surface area contributed by atoms with Gasteiger partial charge in [0.25, 0.3) is 5.91 Å². The predicted octanol–water partition coefficient (Wildman–Crippen LogP) is 7.06. The lowest BCUT2D eigenvalue weighted by molar-refractivity contribution is -0.137. The number of hydrogen-bond acceptors (Lipinski definition) is 4. The molecule has 1 amide bonds. The lowest BCUT2D eigenvalue weighted by atomic mass is 9.97. The van der Waals surface area contributed by atoms with Gasteiger partial charge in [0.05, 0.1) is 21.8 Å². The number of nitrogens with zero attached hydrogens (tertiary/aromatic N) is 2. The van der Waals surface area contributed by atoms with Crippen molar-refractivity contribution in [3.63, 3.8) is 0 Å². The van der Waals surface area contributed by atoms with Crippen LogP contribution in [0.4, 0.5) is 13.2 Å². The average Bonchev–Trinajstić information content (AvgIpc) is 3.33. The summed E-state index contributed by atoms with van der Waals surface area (Å²) in [6.07, 6.45) is -4.71. The highest BCUT2D eigenvalue weighted by Crippen LogP contribution is 2.46. The summed E-state index contributed by atoms with van der Waals surface area (Å²) in [5, 5.41) is 18.0. The molecule has 4 aromatic rings. The van der Waals surface area contributed by atoms with Crippen molar-refractivity contribution in [3.05, 3.63) is 87.5 Å². The third-order valence-electron chi connectivity index (χ3n) is 5.50.